The van der Waals surface area contributed by atoms with Crippen LogP contribution in [0.5, 0.6) is 0 Å². The molecule has 0 unspecified atom stereocenters. The summed E-state index contributed by atoms with van der Waals surface area (Å²) in [7, 11) is 0. The normalized spacial score (nSPS) is 9.42. The molecule has 6 aromatic carbocycles. The Balaban J connectivity index is 0.000000798. The van der Waals surface area contributed by atoms with Gasteiger partial charge in [0.05, 0.1) is 0 Å². The molecule has 6 rings (SSSR count). The fourth-order valence-corrected chi connectivity index (χ4v) is 14.4. The third-order valence-corrected chi connectivity index (χ3v) is 17.2. The van der Waals surface area contributed by atoms with E-state index in [-0.39, 0.29) is 102 Å². The Bertz CT molecular complexity index is 1580. The maximum atomic E-state index is 12.5. The molecule has 1 radical (unpaired) electrons. The van der Waals surface area contributed by atoms with Gasteiger partial charge in [0.1, 0.15) is 0 Å². The van der Waals surface area contributed by atoms with E-state index in [9.17, 15) is 14.7 Å². The fourth-order valence-electron chi connectivity index (χ4n) is 4.47. The predicted molar refractivity (Wildman–Crippen MR) is 211 cm³/mol. The Morgan fingerprint density at radius 1 is 0.538 bits per heavy atom. The summed E-state index contributed by atoms with van der Waals surface area (Å²) in [5.41, 5.74) is 2.55. The molecule has 0 aliphatic rings. The first-order valence-corrected chi connectivity index (χ1v) is 21.6. The van der Waals surface area contributed by atoms with Crippen molar-refractivity contribution < 1.29 is 81.4 Å². The SMILES string of the molecule is O=C(CCCl)[O][Sb]([c]1ccccc1)([c]1ccccc1)[c]1ccccc1.O=C([O-])CCCl.[CH3-].[OH-].[Rb+].[c-]1ccccc1.c1ccc(-c2ccccc2)cc1. The number of alkyl halides is 2. The summed E-state index contributed by atoms with van der Waals surface area (Å²) < 4.78 is 9.61. The topological polar surface area (TPSA) is 96.4 Å². The van der Waals surface area contributed by atoms with Crippen LogP contribution in [0, 0.1) is 13.5 Å². The Kier molecular flexibility index (Phi) is 28.4. The van der Waals surface area contributed by atoms with Gasteiger partial charge in [-0.15, -0.1) is 11.6 Å². The molecule has 0 heterocycles. The second-order valence-electron chi connectivity index (χ2n) is 10.1. The molecule has 0 saturated carbocycles. The molecule has 52 heavy (non-hydrogen) atoms. The molecule has 0 aromatic heterocycles. The van der Waals surface area contributed by atoms with Crippen LogP contribution in [0.25, 0.3) is 11.1 Å². The Hall–Kier alpha value is -2.58. The molecule has 6 aromatic rings. The zero-order valence-electron chi connectivity index (χ0n) is 29.4. The Labute approximate surface area is 372 Å². The Morgan fingerprint density at radius 2 is 0.846 bits per heavy atom. The summed E-state index contributed by atoms with van der Waals surface area (Å²) >= 11 is 6.98. The van der Waals surface area contributed by atoms with Crippen LogP contribution in [-0.4, -0.2) is 48.4 Å². The smallest absolute Gasteiger partial charge is 0.870 e. The molecule has 267 valence electrons. The number of hydrogen-bond acceptors (Lipinski definition) is 5. The van der Waals surface area contributed by atoms with Crippen LogP contribution in [0.2, 0.25) is 0 Å². The van der Waals surface area contributed by atoms with Gasteiger partial charge in [0.2, 0.25) is 0 Å². The molecule has 0 atom stereocenters. The molecule has 0 fully saturated rings. The van der Waals surface area contributed by atoms with Gasteiger partial charge in [0, 0.05) is 18.3 Å². The average molecular weight is 917 g/mol. The van der Waals surface area contributed by atoms with Crippen molar-refractivity contribution in [2.24, 2.45) is 0 Å². The van der Waals surface area contributed by atoms with Crippen LogP contribution in [0.15, 0.2) is 182 Å². The third kappa shape index (κ3) is 17.5. The quantitative estimate of drug-likeness (QED) is 0.123. The summed E-state index contributed by atoms with van der Waals surface area (Å²) in [6, 6.07) is 63.6. The van der Waals surface area contributed by atoms with Crippen molar-refractivity contribution in [3.8, 4) is 11.1 Å². The molecule has 0 aliphatic heterocycles. The number of carbonyl (C=O) groups is 2. The maximum absolute atomic E-state index is 12.5. The molecule has 1 N–H and O–H groups in total. The van der Waals surface area contributed by atoms with Crippen LogP contribution in [-0.2, 0) is 12.6 Å². The summed E-state index contributed by atoms with van der Waals surface area (Å²) in [6.45, 7) is 0. The first-order chi connectivity index (χ1) is 24.0. The second-order valence-corrected chi connectivity index (χ2v) is 19.3. The first kappa shape index (κ1) is 49.4. The summed E-state index contributed by atoms with van der Waals surface area (Å²) in [5, 5.41) is 9.40. The van der Waals surface area contributed by atoms with Crippen LogP contribution in [0.3, 0.4) is 0 Å². The zero-order chi connectivity index (χ0) is 35.0. The minimum absolute atomic E-state index is 0. The van der Waals surface area contributed by atoms with Gasteiger partial charge >= 0.3 is 217 Å². The van der Waals surface area contributed by atoms with Gasteiger partial charge in [0.15, 0.2) is 0 Å². The largest absolute Gasteiger partial charge is 1.00 e. The van der Waals surface area contributed by atoms with Crippen molar-refractivity contribution in [1.82, 2.24) is 0 Å². The predicted octanol–water partition coefficient (Wildman–Crippen LogP) is 4.31. The number of hydrogen-bond donors (Lipinski definition) is 0. The molecular formula is C43H42Cl2O5RbSb-3. The number of aliphatic carboxylic acids is 1. The molecule has 0 bridgehead atoms. The van der Waals surface area contributed by atoms with E-state index in [2.05, 4.69) is 91.0 Å². The Morgan fingerprint density at radius 3 is 1.08 bits per heavy atom. The van der Waals surface area contributed by atoms with Crippen molar-refractivity contribution in [3.05, 3.63) is 195 Å². The van der Waals surface area contributed by atoms with Gasteiger partial charge in [0.25, 0.3) is 0 Å². The molecule has 0 spiro atoms. The van der Waals surface area contributed by atoms with Crippen molar-refractivity contribution in [3.63, 3.8) is 0 Å². The van der Waals surface area contributed by atoms with Crippen molar-refractivity contribution in [1.29, 1.82) is 0 Å². The second kappa shape index (κ2) is 29.8. The minimum atomic E-state index is -3.78. The van der Waals surface area contributed by atoms with E-state index in [1.54, 1.807) is 0 Å². The summed E-state index contributed by atoms with van der Waals surface area (Å²) in [5.74, 6) is -0.928. The summed E-state index contributed by atoms with van der Waals surface area (Å²) in [6.07, 6.45) is 0.158. The standard InChI is InChI=1S/C12H10.4C6H5.2C3H5ClO2.CH3.H2O.Rb.Sb/c1-3-7-11(8-4-1)12-9-5-2-6-10-12;4*1-2-4-6-5-3-1;2*4-2-1-3(5)6;;;;/h1-10H;4*1-5H;2*1-2H2,(H,5,6);1H3;1H2;;/q;;;;-1;;;-1;;2*+1/p-3. The monoisotopic (exact) mass is 914 g/mol. The first-order valence-electron chi connectivity index (χ1n) is 15.6. The van der Waals surface area contributed by atoms with Crippen molar-refractivity contribution in [2.45, 2.75) is 12.8 Å². The van der Waals surface area contributed by atoms with Crippen molar-refractivity contribution >= 4 is 64.9 Å². The number of benzene rings is 6. The summed E-state index contributed by atoms with van der Waals surface area (Å²) in [4.78, 5) is 21.9. The van der Waals surface area contributed by atoms with Gasteiger partial charge in [-0.05, 0) is 11.1 Å². The average Bonchev–Trinajstić information content (AvgIpc) is 3.17. The number of carboxylic acid groups (broad SMARTS) is 1. The molecule has 0 amide bonds. The van der Waals surface area contributed by atoms with E-state index < -0.39 is 25.2 Å². The van der Waals surface area contributed by atoms with Gasteiger partial charge in [-0.2, -0.15) is 36.4 Å². The molecule has 0 aliphatic carbocycles. The van der Waals surface area contributed by atoms with Crippen LogP contribution >= 0.6 is 23.2 Å². The fraction of sp³-hybridized carbons (Fsp3) is 0.0930. The van der Waals surface area contributed by atoms with Crippen LogP contribution in [0.4, 0.5) is 0 Å². The number of rotatable bonds is 9. The molecule has 0 saturated heterocycles. The van der Waals surface area contributed by atoms with Gasteiger partial charge in [-0.1, -0.05) is 60.7 Å². The number of halogens is 2. The van der Waals surface area contributed by atoms with E-state index in [0.717, 1.165) is 10.5 Å². The number of carboxylic acids is 1. The maximum Gasteiger partial charge on any atom is 1.00 e. The zero-order valence-corrected chi connectivity index (χ0v) is 38.4. The molecule has 9 heteroatoms. The van der Waals surface area contributed by atoms with Crippen LogP contribution in [0.1, 0.15) is 12.8 Å². The van der Waals surface area contributed by atoms with E-state index in [0.29, 0.717) is 0 Å². The van der Waals surface area contributed by atoms with E-state index in [4.69, 9.17) is 26.2 Å². The van der Waals surface area contributed by atoms with E-state index in [1.165, 1.54) is 11.1 Å². The number of carbonyl (C=O) groups excluding carboxylic acids is 2. The van der Waals surface area contributed by atoms with Gasteiger partial charge in [-0.25, -0.2) is 0 Å². The van der Waals surface area contributed by atoms with Gasteiger partial charge in [-0.3, -0.25) is 0 Å². The van der Waals surface area contributed by atoms with Crippen LogP contribution < -0.4 is 73.8 Å². The van der Waals surface area contributed by atoms with E-state index in [1.807, 2.05) is 97.1 Å². The molecular weight excluding hydrogens is 875 g/mol. The minimum Gasteiger partial charge on any atom is -0.870 e. The van der Waals surface area contributed by atoms with Crippen molar-refractivity contribution in [2.75, 3.05) is 11.8 Å². The van der Waals surface area contributed by atoms with Gasteiger partial charge < -0.3 is 22.8 Å². The molecule has 5 nitrogen and oxygen atoms in total. The van der Waals surface area contributed by atoms with E-state index >= 15 is 0 Å². The third-order valence-electron chi connectivity index (χ3n) is 6.68.